The standard InChI is InChI=1S/C13H17FN2O4S/c1-8-7-11(14)12(16(17)18)9(2)13(8)21(19,20)15-6-5-10-3-4-10/h7,10,15H,3-6H2,1-2H3. The summed E-state index contributed by atoms with van der Waals surface area (Å²) >= 11 is 0. The highest BCUT2D eigenvalue weighted by Gasteiger charge is 2.29. The predicted molar refractivity (Wildman–Crippen MR) is 75.1 cm³/mol. The number of benzene rings is 1. The van der Waals surface area contributed by atoms with Crippen LogP contribution in [0.15, 0.2) is 11.0 Å². The van der Waals surface area contributed by atoms with E-state index in [-0.39, 0.29) is 22.6 Å². The van der Waals surface area contributed by atoms with Crippen LogP contribution >= 0.6 is 0 Å². The molecule has 0 aromatic heterocycles. The Morgan fingerprint density at radius 2 is 2.05 bits per heavy atom. The molecule has 0 amide bonds. The molecular weight excluding hydrogens is 299 g/mol. The van der Waals surface area contributed by atoms with Gasteiger partial charge in [-0.2, -0.15) is 4.39 Å². The van der Waals surface area contributed by atoms with Gasteiger partial charge in [-0.05, 0) is 37.8 Å². The Labute approximate surface area is 122 Å². The summed E-state index contributed by atoms with van der Waals surface area (Å²) in [6.07, 6.45) is 2.98. The molecule has 0 spiro atoms. The summed E-state index contributed by atoms with van der Waals surface area (Å²) in [5.74, 6) is -0.454. The molecule has 2 rings (SSSR count). The van der Waals surface area contributed by atoms with Crippen LogP contribution in [0.1, 0.15) is 30.4 Å². The van der Waals surface area contributed by atoms with Gasteiger partial charge in [-0.25, -0.2) is 13.1 Å². The molecule has 6 nitrogen and oxygen atoms in total. The van der Waals surface area contributed by atoms with Gasteiger partial charge in [-0.3, -0.25) is 10.1 Å². The van der Waals surface area contributed by atoms with Crippen LogP contribution in [0.2, 0.25) is 0 Å². The van der Waals surface area contributed by atoms with Gasteiger partial charge in [0.2, 0.25) is 15.8 Å². The number of nitro groups is 1. The van der Waals surface area contributed by atoms with Gasteiger partial charge in [0.1, 0.15) is 0 Å². The van der Waals surface area contributed by atoms with Crippen LogP contribution < -0.4 is 4.72 Å². The quantitative estimate of drug-likeness (QED) is 0.644. The number of sulfonamides is 1. The summed E-state index contributed by atoms with van der Waals surface area (Å²) < 4.78 is 40.7. The summed E-state index contributed by atoms with van der Waals surface area (Å²) in [7, 11) is -3.88. The number of hydrogen-bond donors (Lipinski definition) is 1. The number of nitrogens with one attached hydrogen (secondary N) is 1. The first-order valence-corrected chi connectivity index (χ1v) is 8.16. The number of aryl methyl sites for hydroxylation is 1. The van der Waals surface area contributed by atoms with Gasteiger partial charge >= 0.3 is 5.69 Å². The van der Waals surface area contributed by atoms with E-state index in [1.54, 1.807) is 0 Å². The smallest absolute Gasteiger partial charge is 0.258 e. The molecule has 1 N–H and O–H groups in total. The first kappa shape index (κ1) is 15.8. The van der Waals surface area contributed by atoms with E-state index in [1.807, 2.05) is 0 Å². The third kappa shape index (κ3) is 3.38. The normalized spacial score (nSPS) is 15.2. The zero-order valence-electron chi connectivity index (χ0n) is 11.8. The second-order valence-electron chi connectivity index (χ2n) is 5.36. The first-order valence-electron chi connectivity index (χ1n) is 6.67. The van der Waals surface area contributed by atoms with Gasteiger partial charge in [-0.1, -0.05) is 12.8 Å². The molecule has 0 aliphatic heterocycles. The van der Waals surface area contributed by atoms with Gasteiger partial charge in [-0.15, -0.1) is 0 Å². The summed E-state index contributed by atoms with van der Waals surface area (Å²) in [6.45, 7) is 2.97. The average Bonchev–Trinajstić information content (AvgIpc) is 3.10. The van der Waals surface area contributed by atoms with Crippen LogP contribution in [-0.2, 0) is 10.0 Å². The number of rotatable bonds is 6. The Hall–Kier alpha value is -1.54. The molecule has 116 valence electrons. The topological polar surface area (TPSA) is 89.3 Å². The number of nitrogens with zero attached hydrogens (tertiary/aromatic N) is 1. The zero-order valence-corrected chi connectivity index (χ0v) is 12.7. The van der Waals surface area contributed by atoms with Crippen LogP contribution in [0.4, 0.5) is 10.1 Å². The summed E-state index contributed by atoms with van der Waals surface area (Å²) in [5, 5.41) is 10.9. The average molecular weight is 316 g/mol. The lowest BCUT2D eigenvalue weighted by Crippen LogP contribution is -2.27. The van der Waals surface area contributed by atoms with Crippen LogP contribution in [-0.4, -0.2) is 19.9 Å². The molecule has 1 aliphatic rings. The lowest BCUT2D eigenvalue weighted by atomic mass is 10.1. The lowest BCUT2D eigenvalue weighted by Gasteiger charge is -2.12. The van der Waals surface area contributed by atoms with Crippen molar-refractivity contribution >= 4 is 15.7 Å². The molecule has 1 fully saturated rings. The number of nitro benzene ring substituents is 1. The van der Waals surface area contributed by atoms with E-state index in [1.165, 1.54) is 13.8 Å². The van der Waals surface area contributed by atoms with Crippen LogP contribution in [0.3, 0.4) is 0 Å². The summed E-state index contributed by atoms with van der Waals surface area (Å²) in [4.78, 5) is 9.80. The molecule has 21 heavy (non-hydrogen) atoms. The van der Waals surface area contributed by atoms with Crippen LogP contribution in [0, 0.1) is 35.7 Å². The second-order valence-corrected chi connectivity index (χ2v) is 7.07. The fourth-order valence-electron chi connectivity index (χ4n) is 2.42. The predicted octanol–water partition coefficient (Wildman–Crippen LogP) is 2.43. The first-order chi connectivity index (χ1) is 9.74. The van der Waals surface area contributed by atoms with Crippen molar-refractivity contribution in [2.75, 3.05) is 6.54 Å². The van der Waals surface area contributed by atoms with Gasteiger partial charge in [0.15, 0.2) is 0 Å². The van der Waals surface area contributed by atoms with E-state index in [9.17, 15) is 22.9 Å². The Kier molecular flexibility index (Phi) is 4.29. The van der Waals surface area contributed by atoms with E-state index < -0.39 is 26.5 Å². The maximum absolute atomic E-state index is 13.6. The monoisotopic (exact) mass is 316 g/mol. The van der Waals surface area contributed by atoms with E-state index >= 15 is 0 Å². The Morgan fingerprint density at radius 3 is 2.57 bits per heavy atom. The van der Waals surface area contributed by atoms with Gasteiger partial charge in [0.25, 0.3) is 0 Å². The molecule has 0 saturated heterocycles. The Bertz CT molecular complexity index is 684. The van der Waals surface area contributed by atoms with Crippen molar-refractivity contribution in [2.24, 2.45) is 5.92 Å². The fourth-order valence-corrected chi connectivity index (χ4v) is 3.93. The highest BCUT2D eigenvalue weighted by molar-refractivity contribution is 7.89. The minimum absolute atomic E-state index is 0.162. The Morgan fingerprint density at radius 1 is 1.43 bits per heavy atom. The summed E-state index contributed by atoms with van der Waals surface area (Å²) in [6, 6.07) is 0.889. The number of hydrogen-bond acceptors (Lipinski definition) is 4. The Balaban J connectivity index is 2.36. The minimum Gasteiger partial charge on any atom is -0.258 e. The fraction of sp³-hybridized carbons (Fsp3) is 0.538. The van der Waals surface area contributed by atoms with E-state index in [4.69, 9.17) is 0 Å². The lowest BCUT2D eigenvalue weighted by molar-refractivity contribution is -0.388. The maximum Gasteiger partial charge on any atom is 0.309 e. The SMILES string of the molecule is Cc1cc(F)c([N+](=O)[O-])c(C)c1S(=O)(=O)NCCC1CC1. The highest BCUT2D eigenvalue weighted by atomic mass is 32.2. The van der Waals surface area contributed by atoms with Gasteiger partial charge in [0, 0.05) is 6.54 Å². The third-order valence-corrected chi connectivity index (χ3v) is 5.37. The van der Waals surface area contributed by atoms with Crippen molar-refractivity contribution in [2.45, 2.75) is 38.0 Å². The maximum atomic E-state index is 13.6. The molecule has 1 aliphatic carbocycles. The molecule has 1 aromatic carbocycles. The molecule has 0 unspecified atom stereocenters. The van der Waals surface area contributed by atoms with Crippen molar-refractivity contribution in [3.63, 3.8) is 0 Å². The second kappa shape index (κ2) is 5.69. The van der Waals surface area contributed by atoms with Crippen molar-refractivity contribution in [3.05, 3.63) is 33.1 Å². The molecule has 0 atom stereocenters. The van der Waals surface area contributed by atoms with E-state index in [2.05, 4.69) is 4.72 Å². The third-order valence-electron chi connectivity index (χ3n) is 3.62. The van der Waals surface area contributed by atoms with Crippen molar-refractivity contribution < 1.29 is 17.7 Å². The minimum atomic E-state index is -3.88. The molecule has 1 aromatic rings. The molecule has 0 radical (unpaired) electrons. The summed E-state index contributed by atoms with van der Waals surface area (Å²) in [5.41, 5.74) is -0.797. The highest BCUT2D eigenvalue weighted by Crippen LogP contribution is 2.33. The van der Waals surface area contributed by atoms with Crippen LogP contribution in [0.5, 0.6) is 0 Å². The van der Waals surface area contributed by atoms with Crippen molar-refractivity contribution in [1.29, 1.82) is 0 Å². The molecule has 1 saturated carbocycles. The zero-order chi connectivity index (χ0) is 15.8. The van der Waals surface area contributed by atoms with E-state index in [0.29, 0.717) is 5.92 Å². The molecular formula is C13H17FN2O4S. The van der Waals surface area contributed by atoms with Crippen molar-refractivity contribution in [1.82, 2.24) is 4.72 Å². The van der Waals surface area contributed by atoms with Gasteiger partial charge in [0.05, 0.1) is 15.4 Å². The van der Waals surface area contributed by atoms with Gasteiger partial charge < -0.3 is 0 Å². The molecule has 0 bridgehead atoms. The molecule has 8 heteroatoms. The van der Waals surface area contributed by atoms with Crippen LogP contribution in [0.25, 0.3) is 0 Å². The van der Waals surface area contributed by atoms with E-state index in [0.717, 1.165) is 25.3 Å². The number of halogens is 1. The molecule has 0 heterocycles. The van der Waals surface area contributed by atoms with Crippen molar-refractivity contribution in [3.8, 4) is 0 Å². The largest absolute Gasteiger partial charge is 0.309 e.